The van der Waals surface area contributed by atoms with Gasteiger partial charge in [0.05, 0.1) is 31.1 Å². The number of aromatic nitrogens is 2. The third-order valence-corrected chi connectivity index (χ3v) is 6.70. The van der Waals surface area contributed by atoms with Gasteiger partial charge in [-0.05, 0) is 63.1 Å². The summed E-state index contributed by atoms with van der Waals surface area (Å²) in [7, 11) is 2.98. The van der Waals surface area contributed by atoms with Gasteiger partial charge in [0.2, 0.25) is 5.91 Å². The Morgan fingerprint density at radius 2 is 1.93 bits per heavy atom. The van der Waals surface area contributed by atoms with Gasteiger partial charge in [-0.15, -0.1) is 0 Å². The van der Waals surface area contributed by atoms with Crippen molar-refractivity contribution in [3.63, 3.8) is 0 Å². The molecule has 1 atom stereocenters. The molecule has 0 fully saturated rings. The standard InChI is InChI=1S/C30H38N6O6/c1-30(2,3)42-29(40)31-13-8-14-36-17-20-15-19(11-12-21(20)32-24(28(36)39)16-26(37)41-5)27(38)35(4)18-25-33-22-9-6-7-10-23(22)34-25/h6-7,9-12,15,24,32H,8,13-14,16-18H2,1-5H3,(H,31,40)(H,33,34)/t24-/m1/s1. The second-order valence-corrected chi connectivity index (χ2v) is 11.3. The summed E-state index contributed by atoms with van der Waals surface area (Å²) in [6.07, 6.45) is -0.220. The molecule has 2 heterocycles. The van der Waals surface area contributed by atoms with Gasteiger partial charge in [0.25, 0.3) is 5.91 Å². The summed E-state index contributed by atoms with van der Waals surface area (Å²) in [6, 6.07) is 12.0. The summed E-state index contributed by atoms with van der Waals surface area (Å²) in [5, 5.41) is 5.87. The van der Waals surface area contributed by atoms with Crippen LogP contribution in [0, 0.1) is 0 Å². The molecule has 0 radical (unpaired) electrons. The normalized spacial score (nSPS) is 14.9. The lowest BCUT2D eigenvalue weighted by Gasteiger charge is -2.24. The largest absolute Gasteiger partial charge is 0.469 e. The molecule has 1 aliphatic heterocycles. The number of rotatable bonds is 9. The second-order valence-electron chi connectivity index (χ2n) is 11.3. The minimum atomic E-state index is -0.838. The maximum Gasteiger partial charge on any atom is 0.407 e. The first-order chi connectivity index (χ1) is 19.9. The highest BCUT2D eigenvalue weighted by Crippen LogP contribution is 2.26. The lowest BCUT2D eigenvalue weighted by molar-refractivity contribution is -0.144. The lowest BCUT2D eigenvalue weighted by atomic mass is 10.1. The van der Waals surface area contributed by atoms with Crippen molar-refractivity contribution in [2.75, 3.05) is 32.6 Å². The van der Waals surface area contributed by atoms with Crippen LogP contribution in [0.1, 0.15) is 55.4 Å². The molecule has 0 saturated carbocycles. The van der Waals surface area contributed by atoms with Crippen molar-refractivity contribution in [3.05, 3.63) is 59.4 Å². The number of ether oxygens (including phenoxy) is 2. The van der Waals surface area contributed by atoms with Crippen LogP contribution in [0.15, 0.2) is 42.5 Å². The number of nitrogens with one attached hydrogen (secondary N) is 3. The van der Waals surface area contributed by atoms with Gasteiger partial charge >= 0.3 is 12.1 Å². The van der Waals surface area contributed by atoms with E-state index in [1.54, 1.807) is 55.8 Å². The molecule has 3 aromatic rings. The zero-order valence-corrected chi connectivity index (χ0v) is 24.7. The molecule has 0 spiro atoms. The van der Waals surface area contributed by atoms with Gasteiger partial charge in [-0.2, -0.15) is 0 Å². The number of esters is 1. The number of carbonyl (C=O) groups excluding carboxylic acids is 4. The average molecular weight is 579 g/mol. The summed E-state index contributed by atoms with van der Waals surface area (Å²) >= 11 is 0. The minimum Gasteiger partial charge on any atom is -0.469 e. The van der Waals surface area contributed by atoms with Crippen LogP contribution in [0.4, 0.5) is 10.5 Å². The van der Waals surface area contributed by atoms with E-state index in [9.17, 15) is 19.2 Å². The van der Waals surface area contributed by atoms with Crippen LogP contribution in [0.2, 0.25) is 0 Å². The van der Waals surface area contributed by atoms with E-state index in [-0.39, 0.29) is 24.8 Å². The summed E-state index contributed by atoms with van der Waals surface area (Å²) in [4.78, 5) is 61.9. The molecule has 1 aliphatic rings. The van der Waals surface area contributed by atoms with Crippen molar-refractivity contribution >= 4 is 40.6 Å². The Morgan fingerprint density at radius 1 is 1.17 bits per heavy atom. The summed E-state index contributed by atoms with van der Waals surface area (Å²) < 4.78 is 10.1. The van der Waals surface area contributed by atoms with E-state index >= 15 is 0 Å². The van der Waals surface area contributed by atoms with Crippen LogP contribution >= 0.6 is 0 Å². The van der Waals surface area contributed by atoms with Crippen LogP contribution < -0.4 is 10.6 Å². The minimum absolute atomic E-state index is 0.150. The Balaban J connectivity index is 1.48. The number of nitrogens with zero attached hydrogens (tertiary/aromatic N) is 3. The highest BCUT2D eigenvalue weighted by Gasteiger charge is 2.31. The molecule has 2 aromatic carbocycles. The lowest BCUT2D eigenvalue weighted by Crippen LogP contribution is -2.43. The molecule has 0 bridgehead atoms. The fraction of sp³-hybridized carbons (Fsp3) is 0.433. The van der Waals surface area contributed by atoms with Gasteiger partial charge in [0.1, 0.15) is 17.5 Å². The highest BCUT2D eigenvalue weighted by atomic mass is 16.6. The fourth-order valence-corrected chi connectivity index (χ4v) is 4.70. The topological polar surface area (TPSA) is 146 Å². The molecular formula is C30H38N6O6. The van der Waals surface area contributed by atoms with Gasteiger partial charge in [-0.1, -0.05) is 12.1 Å². The average Bonchev–Trinajstić information content (AvgIpc) is 3.29. The quantitative estimate of drug-likeness (QED) is 0.259. The number of carbonyl (C=O) groups is 4. The van der Waals surface area contributed by atoms with E-state index in [1.165, 1.54) is 7.11 Å². The molecule has 42 heavy (non-hydrogen) atoms. The number of hydrogen-bond donors (Lipinski definition) is 3. The van der Waals surface area contributed by atoms with E-state index in [0.29, 0.717) is 43.1 Å². The van der Waals surface area contributed by atoms with Crippen molar-refractivity contribution in [1.82, 2.24) is 25.1 Å². The van der Waals surface area contributed by atoms with Crippen LogP contribution in [-0.2, 0) is 32.2 Å². The molecule has 3 amide bonds. The van der Waals surface area contributed by atoms with E-state index in [4.69, 9.17) is 9.47 Å². The molecule has 224 valence electrons. The Bertz CT molecular complexity index is 1430. The van der Waals surface area contributed by atoms with Crippen molar-refractivity contribution in [2.45, 2.75) is 58.3 Å². The van der Waals surface area contributed by atoms with Crippen molar-refractivity contribution in [1.29, 1.82) is 0 Å². The van der Waals surface area contributed by atoms with Gasteiger partial charge in [-0.3, -0.25) is 14.4 Å². The maximum absolute atomic E-state index is 13.4. The van der Waals surface area contributed by atoms with Crippen LogP contribution in [0.5, 0.6) is 0 Å². The van der Waals surface area contributed by atoms with E-state index < -0.39 is 23.7 Å². The van der Waals surface area contributed by atoms with Crippen LogP contribution in [-0.4, -0.2) is 82.5 Å². The number of fused-ring (bicyclic) bond motifs is 2. The number of alkyl carbamates (subject to hydrolysis) is 1. The van der Waals surface area contributed by atoms with E-state index in [1.807, 2.05) is 24.3 Å². The maximum atomic E-state index is 13.4. The Kier molecular flexibility index (Phi) is 9.34. The fourth-order valence-electron chi connectivity index (χ4n) is 4.70. The monoisotopic (exact) mass is 578 g/mol. The first-order valence-electron chi connectivity index (χ1n) is 13.8. The number of H-pyrrole nitrogens is 1. The van der Waals surface area contributed by atoms with E-state index in [2.05, 4.69) is 20.6 Å². The highest BCUT2D eigenvalue weighted by molar-refractivity contribution is 5.96. The van der Waals surface area contributed by atoms with Gasteiger partial charge < -0.3 is 34.9 Å². The molecule has 0 aliphatic carbocycles. The number of para-hydroxylation sites is 2. The van der Waals surface area contributed by atoms with Gasteiger partial charge in [-0.25, -0.2) is 9.78 Å². The summed E-state index contributed by atoms with van der Waals surface area (Å²) in [6.45, 7) is 6.47. The zero-order chi connectivity index (χ0) is 30.4. The predicted octanol–water partition coefficient (Wildman–Crippen LogP) is 3.44. The Morgan fingerprint density at radius 3 is 2.64 bits per heavy atom. The smallest absolute Gasteiger partial charge is 0.407 e. The molecule has 3 N–H and O–H groups in total. The Labute approximate surface area is 244 Å². The number of amides is 3. The molecule has 1 aromatic heterocycles. The second kappa shape index (κ2) is 12.9. The van der Waals surface area contributed by atoms with Crippen molar-refractivity contribution < 1.29 is 28.7 Å². The molecule has 4 rings (SSSR count). The van der Waals surface area contributed by atoms with Gasteiger partial charge in [0, 0.05) is 37.9 Å². The van der Waals surface area contributed by atoms with Crippen LogP contribution in [0.25, 0.3) is 11.0 Å². The third kappa shape index (κ3) is 7.77. The molecule has 12 heteroatoms. The molecule has 0 unspecified atom stereocenters. The number of hydrogen-bond acceptors (Lipinski definition) is 8. The first-order valence-corrected chi connectivity index (χ1v) is 13.8. The Hall–Kier alpha value is -4.61. The van der Waals surface area contributed by atoms with E-state index in [0.717, 1.165) is 16.6 Å². The van der Waals surface area contributed by atoms with Crippen LogP contribution in [0.3, 0.4) is 0 Å². The number of imidazole rings is 1. The predicted molar refractivity (Wildman–Crippen MR) is 157 cm³/mol. The molecule has 0 saturated heterocycles. The van der Waals surface area contributed by atoms with Crippen molar-refractivity contribution in [3.8, 4) is 0 Å². The van der Waals surface area contributed by atoms with Crippen molar-refractivity contribution in [2.24, 2.45) is 0 Å². The molecular weight excluding hydrogens is 540 g/mol. The SMILES string of the molecule is COC(=O)C[C@H]1Nc2ccc(C(=O)N(C)Cc3nc4ccccc4[nH]3)cc2CN(CCCNC(=O)OC(C)(C)C)C1=O. The third-order valence-electron chi connectivity index (χ3n) is 6.70. The summed E-state index contributed by atoms with van der Waals surface area (Å²) in [5.74, 6) is -0.322. The zero-order valence-electron chi connectivity index (χ0n) is 24.7. The number of methoxy groups -OCH3 is 1. The summed E-state index contributed by atoms with van der Waals surface area (Å²) in [5.41, 5.74) is 2.96. The number of benzene rings is 2. The first kappa shape index (κ1) is 30.4. The van der Waals surface area contributed by atoms with Gasteiger partial charge in [0.15, 0.2) is 0 Å². The molecule has 12 nitrogen and oxygen atoms in total. The number of aromatic amines is 1. The number of anilines is 1.